The van der Waals surface area contributed by atoms with Gasteiger partial charge in [0, 0.05) is 22.9 Å². The molecule has 0 radical (unpaired) electrons. The van der Waals surface area contributed by atoms with E-state index in [1.807, 2.05) is 30.3 Å². The summed E-state index contributed by atoms with van der Waals surface area (Å²) in [5.74, 6) is 0. The number of anilines is 2. The number of hydrogen-bond acceptors (Lipinski definition) is 1. The van der Waals surface area contributed by atoms with Gasteiger partial charge in [0.15, 0.2) is 5.11 Å². The average Bonchev–Trinajstić information content (AvgIpc) is 2.42. The van der Waals surface area contributed by atoms with Crippen molar-refractivity contribution < 1.29 is 0 Å². The Bertz CT molecular complexity index is 596. The number of hydrogen-bond donors (Lipinski definition) is 1. The number of nitrogens with zero attached hydrogens (tertiary/aromatic N) is 1. The summed E-state index contributed by atoms with van der Waals surface area (Å²) in [6, 6.07) is 15.8. The Morgan fingerprint density at radius 3 is 2.50 bits per heavy atom. The SMILES string of the molecule is CCN(C(=S)Nc1ccc(Cl)cc1)c1cccc(C)c1. The van der Waals surface area contributed by atoms with Gasteiger partial charge in [-0.1, -0.05) is 23.7 Å². The smallest absolute Gasteiger partial charge is 0.177 e. The number of rotatable bonds is 3. The van der Waals surface area contributed by atoms with Crippen LogP contribution in [-0.4, -0.2) is 11.7 Å². The fraction of sp³-hybridized carbons (Fsp3) is 0.188. The normalized spacial score (nSPS) is 10.2. The molecule has 0 aromatic heterocycles. The lowest BCUT2D eigenvalue weighted by molar-refractivity contribution is 1.06. The Morgan fingerprint density at radius 1 is 1.20 bits per heavy atom. The van der Waals surface area contributed by atoms with E-state index in [9.17, 15) is 0 Å². The van der Waals surface area contributed by atoms with Crippen molar-refractivity contribution >= 4 is 40.3 Å². The lowest BCUT2D eigenvalue weighted by Gasteiger charge is -2.24. The summed E-state index contributed by atoms with van der Waals surface area (Å²) in [4.78, 5) is 2.07. The summed E-state index contributed by atoms with van der Waals surface area (Å²) in [5, 5.41) is 4.63. The van der Waals surface area contributed by atoms with Crippen LogP contribution >= 0.6 is 23.8 Å². The number of halogens is 1. The first-order valence-electron chi connectivity index (χ1n) is 6.51. The third-order valence-electron chi connectivity index (χ3n) is 2.97. The van der Waals surface area contributed by atoms with E-state index in [2.05, 4.69) is 42.3 Å². The molecule has 0 fully saturated rings. The number of nitrogens with one attached hydrogen (secondary N) is 1. The molecule has 2 rings (SSSR count). The molecule has 0 saturated heterocycles. The molecule has 0 spiro atoms. The molecular weight excluding hydrogens is 288 g/mol. The molecule has 0 amide bonds. The molecule has 0 heterocycles. The Hall–Kier alpha value is -1.58. The van der Waals surface area contributed by atoms with Crippen molar-refractivity contribution in [1.29, 1.82) is 0 Å². The predicted molar refractivity (Wildman–Crippen MR) is 91.9 cm³/mol. The second-order valence-electron chi connectivity index (χ2n) is 4.52. The molecule has 4 heteroatoms. The molecule has 0 aliphatic carbocycles. The fourth-order valence-corrected chi connectivity index (χ4v) is 2.44. The van der Waals surface area contributed by atoms with Gasteiger partial charge in [0.05, 0.1) is 0 Å². The molecule has 1 N–H and O–H groups in total. The maximum absolute atomic E-state index is 5.88. The number of benzene rings is 2. The van der Waals surface area contributed by atoms with Gasteiger partial charge in [-0.05, 0) is 68.0 Å². The van der Waals surface area contributed by atoms with Gasteiger partial charge in [0.2, 0.25) is 0 Å². The molecule has 0 unspecified atom stereocenters. The minimum Gasteiger partial charge on any atom is -0.332 e. The van der Waals surface area contributed by atoms with Gasteiger partial charge >= 0.3 is 0 Å². The minimum absolute atomic E-state index is 0.681. The van der Waals surface area contributed by atoms with Crippen LogP contribution in [0.25, 0.3) is 0 Å². The predicted octanol–water partition coefficient (Wildman–Crippen LogP) is 4.87. The zero-order valence-electron chi connectivity index (χ0n) is 11.6. The van der Waals surface area contributed by atoms with Crippen LogP contribution in [0.3, 0.4) is 0 Å². The molecular formula is C16H17ClN2S. The van der Waals surface area contributed by atoms with Crippen LogP contribution in [0.15, 0.2) is 48.5 Å². The molecule has 0 aliphatic heterocycles. The van der Waals surface area contributed by atoms with Crippen molar-refractivity contribution in [2.45, 2.75) is 13.8 Å². The van der Waals surface area contributed by atoms with E-state index < -0.39 is 0 Å². The molecule has 2 aromatic carbocycles. The van der Waals surface area contributed by atoms with Crippen molar-refractivity contribution in [2.24, 2.45) is 0 Å². The summed E-state index contributed by atoms with van der Waals surface area (Å²) in [6.45, 7) is 4.97. The Labute approximate surface area is 130 Å². The second kappa shape index (κ2) is 6.73. The Morgan fingerprint density at radius 2 is 1.90 bits per heavy atom. The highest BCUT2D eigenvalue weighted by molar-refractivity contribution is 7.80. The van der Waals surface area contributed by atoms with E-state index >= 15 is 0 Å². The van der Waals surface area contributed by atoms with Crippen LogP contribution < -0.4 is 10.2 Å². The standard InChI is InChI=1S/C16H17ClN2S/c1-3-19(15-6-4-5-12(2)11-15)16(20)18-14-9-7-13(17)8-10-14/h4-11H,3H2,1-2H3,(H,18,20). The number of thiocarbonyl (C=S) groups is 1. The highest BCUT2D eigenvalue weighted by Crippen LogP contribution is 2.18. The van der Waals surface area contributed by atoms with E-state index in [4.69, 9.17) is 23.8 Å². The summed E-state index contributed by atoms with van der Waals surface area (Å²) < 4.78 is 0. The highest BCUT2D eigenvalue weighted by Gasteiger charge is 2.10. The van der Waals surface area contributed by atoms with Crippen molar-refractivity contribution in [3.05, 3.63) is 59.1 Å². The molecule has 0 bridgehead atoms. The molecule has 104 valence electrons. The highest BCUT2D eigenvalue weighted by atomic mass is 35.5. The third kappa shape index (κ3) is 3.71. The van der Waals surface area contributed by atoms with Crippen molar-refractivity contribution in [3.8, 4) is 0 Å². The van der Waals surface area contributed by atoms with E-state index in [0.717, 1.165) is 17.9 Å². The van der Waals surface area contributed by atoms with E-state index in [1.54, 1.807) is 0 Å². The Balaban J connectivity index is 2.15. The molecule has 2 aromatic rings. The maximum Gasteiger partial charge on any atom is 0.177 e. The Kier molecular flexibility index (Phi) is 4.99. The van der Waals surface area contributed by atoms with Gasteiger partial charge in [-0.3, -0.25) is 0 Å². The van der Waals surface area contributed by atoms with E-state index in [1.165, 1.54) is 5.56 Å². The third-order valence-corrected chi connectivity index (χ3v) is 3.54. The first-order chi connectivity index (χ1) is 9.60. The first-order valence-corrected chi connectivity index (χ1v) is 7.29. The van der Waals surface area contributed by atoms with Gasteiger partial charge in [-0.2, -0.15) is 0 Å². The van der Waals surface area contributed by atoms with Crippen LogP contribution in [0.5, 0.6) is 0 Å². The van der Waals surface area contributed by atoms with Crippen LogP contribution in [-0.2, 0) is 0 Å². The summed E-state index contributed by atoms with van der Waals surface area (Å²) in [6.07, 6.45) is 0. The van der Waals surface area contributed by atoms with Gasteiger partial charge in [-0.25, -0.2) is 0 Å². The van der Waals surface area contributed by atoms with Gasteiger partial charge < -0.3 is 10.2 Å². The monoisotopic (exact) mass is 304 g/mol. The molecule has 20 heavy (non-hydrogen) atoms. The summed E-state index contributed by atoms with van der Waals surface area (Å²) in [5.41, 5.74) is 3.25. The molecule has 0 saturated carbocycles. The lowest BCUT2D eigenvalue weighted by atomic mass is 10.2. The van der Waals surface area contributed by atoms with Gasteiger partial charge in [0.25, 0.3) is 0 Å². The van der Waals surface area contributed by atoms with Crippen LogP contribution in [0.2, 0.25) is 5.02 Å². The quantitative estimate of drug-likeness (QED) is 0.814. The lowest BCUT2D eigenvalue weighted by Crippen LogP contribution is -2.34. The first kappa shape index (κ1) is 14.8. The maximum atomic E-state index is 5.88. The largest absolute Gasteiger partial charge is 0.332 e. The zero-order valence-corrected chi connectivity index (χ0v) is 13.1. The zero-order chi connectivity index (χ0) is 14.5. The minimum atomic E-state index is 0.681. The van der Waals surface area contributed by atoms with Gasteiger partial charge in [-0.15, -0.1) is 0 Å². The topological polar surface area (TPSA) is 15.3 Å². The van der Waals surface area contributed by atoms with Crippen LogP contribution in [0, 0.1) is 6.92 Å². The molecule has 2 nitrogen and oxygen atoms in total. The average molecular weight is 305 g/mol. The van der Waals surface area contributed by atoms with Crippen molar-refractivity contribution in [1.82, 2.24) is 0 Å². The summed E-state index contributed by atoms with van der Waals surface area (Å²) >= 11 is 11.4. The van der Waals surface area contributed by atoms with Crippen LogP contribution in [0.4, 0.5) is 11.4 Å². The fourth-order valence-electron chi connectivity index (χ4n) is 1.96. The van der Waals surface area contributed by atoms with Crippen molar-refractivity contribution in [2.75, 3.05) is 16.8 Å². The van der Waals surface area contributed by atoms with Gasteiger partial charge in [0.1, 0.15) is 0 Å². The van der Waals surface area contributed by atoms with E-state index in [-0.39, 0.29) is 0 Å². The van der Waals surface area contributed by atoms with E-state index in [0.29, 0.717) is 10.1 Å². The molecule has 0 atom stereocenters. The summed E-state index contributed by atoms with van der Waals surface area (Å²) in [7, 11) is 0. The second-order valence-corrected chi connectivity index (χ2v) is 5.34. The molecule has 0 aliphatic rings. The van der Waals surface area contributed by atoms with Crippen LogP contribution in [0.1, 0.15) is 12.5 Å². The number of aryl methyl sites for hydroxylation is 1. The van der Waals surface area contributed by atoms with Crippen molar-refractivity contribution in [3.63, 3.8) is 0 Å².